The van der Waals surface area contributed by atoms with Crippen molar-refractivity contribution in [2.24, 2.45) is 0 Å². The van der Waals surface area contributed by atoms with Crippen molar-refractivity contribution in [3.8, 4) is 5.75 Å². The minimum atomic E-state index is -1.11. The Balaban J connectivity index is 1.99. The predicted octanol–water partition coefficient (Wildman–Crippen LogP) is 2.88. The summed E-state index contributed by atoms with van der Waals surface area (Å²) in [5, 5.41) is 9.41. The van der Waals surface area contributed by atoms with Gasteiger partial charge in [-0.2, -0.15) is 0 Å². The van der Waals surface area contributed by atoms with Crippen LogP contribution in [0.4, 0.5) is 0 Å². The number of carbonyl (C=O) groups is 2. The first-order valence-corrected chi connectivity index (χ1v) is 7.53. The van der Waals surface area contributed by atoms with Crippen molar-refractivity contribution >= 4 is 22.7 Å². The Morgan fingerprint density at radius 1 is 1.08 bits per heavy atom. The van der Waals surface area contributed by atoms with Gasteiger partial charge >= 0.3 is 11.6 Å². The molecule has 0 aliphatic carbocycles. The molecule has 2 aromatic carbocycles. The molecule has 1 N–H and O–H groups in total. The minimum Gasteiger partial charge on any atom is -0.479 e. The summed E-state index contributed by atoms with van der Waals surface area (Å²) in [5.74, 6) is -1.27. The van der Waals surface area contributed by atoms with Crippen LogP contribution in [-0.2, 0) is 4.79 Å². The zero-order valence-corrected chi connectivity index (χ0v) is 13.3. The Morgan fingerprint density at radius 2 is 1.80 bits per heavy atom. The molecule has 3 aromatic rings. The fourth-order valence-corrected chi connectivity index (χ4v) is 2.32. The first kappa shape index (κ1) is 16.4. The second-order valence-corrected chi connectivity index (χ2v) is 5.44. The number of hydrogen-bond acceptors (Lipinski definition) is 5. The van der Waals surface area contributed by atoms with Gasteiger partial charge in [-0.05, 0) is 25.1 Å². The molecule has 0 radical (unpaired) electrons. The molecular formula is C19H14O6. The van der Waals surface area contributed by atoms with E-state index >= 15 is 0 Å². The average Bonchev–Trinajstić information content (AvgIpc) is 2.61. The highest BCUT2D eigenvalue weighted by atomic mass is 16.5. The molecule has 126 valence electrons. The summed E-state index contributed by atoms with van der Waals surface area (Å²) in [6.07, 6.45) is -1.04. The molecular weight excluding hydrogens is 324 g/mol. The smallest absolute Gasteiger partial charge is 0.347 e. The van der Waals surface area contributed by atoms with Crippen LogP contribution in [0.25, 0.3) is 11.0 Å². The molecule has 0 saturated heterocycles. The van der Waals surface area contributed by atoms with E-state index in [4.69, 9.17) is 14.3 Å². The molecule has 25 heavy (non-hydrogen) atoms. The van der Waals surface area contributed by atoms with E-state index in [0.717, 1.165) is 0 Å². The largest absolute Gasteiger partial charge is 0.479 e. The van der Waals surface area contributed by atoms with Gasteiger partial charge in [0.1, 0.15) is 16.9 Å². The maximum Gasteiger partial charge on any atom is 0.347 e. The zero-order valence-electron chi connectivity index (χ0n) is 13.3. The first-order chi connectivity index (χ1) is 12.0. The van der Waals surface area contributed by atoms with Gasteiger partial charge in [-0.1, -0.05) is 30.3 Å². The Bertz CT molecular complexity index is 1000. The van der Waals surface area contributed by atoms with E-state index in [9.17, 15) is 14.4 Å². The van der Waals surface area contributed by atoms with Crippen LogP contribution in [0.2, 0.25) is 0 Å². The van der Waals surface area contributed by atoms with Gasteiger partial charge in [-0.15, -0.1) is 0 Å². The molecule has 6 nitrogen and oxygen atoms in total. The molecule has 0 saturated carbocycles. The van der Waals surface area contributed by atoms with Crippen LogP contribution in [-0.4, -0.2) is 23.0 Å². The molecule has 6 heteroatoms. The second-order valence-electron chi connectivity index (χ2n) is 5.44. The van der Waals surface area contributed by atoms with E-state index in [0.29, 0.717) is 10.9 Å². The molecule has 3 rings (SSSR count). The molecule has 0 spiro atoms. The lowest BCUT2D eigenvalue weighted by Gasteiger charge is -2.10. The lowest BCUT2D eigenvalue weighted by molar-refractivity contribution is -0.144. The number of ketones is 1. The number of benzene rings is 2. The second kappa shape index (κ2) is 6.60. The highest BCUT2D eigenvalue weighted by Gasteiger charge is 2.17. The third-order valence-corrected chi connectivity index (χ3v) is 3.65. The molecule has 1 atom stereocenters. The maximum atomic E-state index is 12.4. The van der Waals surface area contributed by atoms with Crippen LogP contribution in [0.1, 0.15) is 22.8 Å². The van der Waals surface area contributed by atoms with Crippen molar-refractivity contribution in [2.75, 3.05) is 0 Å². The number of carboxylic acids is 1. The summed E-state index contributed by atoms with van der Waals surface area (Å²) >= 11 is 0. The van der Waals surface area contributed by atoms with E-state index < -0.39 is 23.5 Å². The standard InChI is InChI=1S/C19H14O6/c1-11(18(21)22)24-14-8-7-13-9-15(19(23)25-16(13)10-14)17(20)12-5-3-2-4-6-12/h2-11H,1H3,(H,21,22)/t11-/m1/s1. The molecule has 0 unspecified atom stereocenters. The van der Waals surface area contributed by atoms with Gasteiger partial charge in [0, 0.05) is 17.0 Å². The quantitative estimate of drug-likeness (QED) is 0.568. The van der Waals surface area contributed by atoms with Crippen LogP contribution >= 0.6 is 0 Å². The van der Waals surface area contributed by atoms with Gasteiger partial charge in [-0.3, -0.25) is 4.79 Å². The molecule has 0 aliphatic heterocycles. The van der Waals surface area contributed by atoms with E-state index in [1.54, 1.807) is 42.5 Å². The maximum absolute atomic E-state index is 12.4. The number of ether oxygens (including phenoxy) is 1. The highest BCUT2D eigenvalue weighted by Crippen LogP contribution is 2.22. The summed E-state index contributed by atoms with van der Waals surface area (Å²) in [4.78, 5) is 35.5. The summed E-state index contributed by atoms with van der Waals surface area (Å²) in [6, 6.07) is 14.5. The number of hydrogen-bond donors (Lipinski definition) is 1. The lowest BCUT2D eigenvalue weighted by Crippen LogP contribution is -2.22. The number of fused-ring (bicyclic) bond motifs is 1. The Labute approximate surface area is 142 Å². The third kappa shape index (κ3) is 3.42. The molecule has 0 aliphatic rings. The molecule has 0 amide bonds. The van der Waals surface area contributed by atoms with Crippen molar-refractivity contribution in [3.63, 3.8) is 0 Å². The van der Waals surface area contributed by atoms with Crippen molar-refractivity contribution in [3.05, 3.63) is 76.1 Å². The topological polar surface area (TPSA) is 93.8 Å². The predicted molar refractivity (Wildman–Crippen MR) is 90.1 cm³/mol. The van der Waals surface area contributed by atoms with E-state index in [-0.39, 0.29) is 16.9 Å². The molecule has 1 aromatic heterocycles. The fraction of sp³-hybridized carbons (Fsp3) is 0.105. The van der Waals surface area contributed by atoms with E-state index in [2.05, 4.69) is 0 Å². The van der Waals surface area contributed by atoms with Crippen LogP contribution in [0.15, 0.2) is 63.8 Å². The van der Waals surface area contributed by atoms with Gasteiger partial charge < -0.3 is 14.3 Å². The van der Waals surface area contributed by atoms with Gasteiger partial charge in [0.05, 0.1) is 0 Å². The normalized spacial score (nSPS) is 11.9. The van der Waals surface area contributed by atoms with Crippen LogP contribution in [0.3, 0.4) is 0 Å². The third-order valence-electron chi connectivity index (χ3n) is 3.65. The average molecular weight is 338 g/mol. The summed E-state index contributed by atoms with van der Waals surface area (Å²) in [5.41, 5.74) is -0.217. The summed E-state index contributed by atoms with van der Waals surface area (Å²) in [7, 11) is 0. The van der Waals surface area contributed by atoms with Crippen molar-refractivity contribution in [1.29, 1.82) is 0 Å². The molecule has 1 heterocycles. The summed E-state index contributed by atoms with van der Waals surface area (Å²) in [6.45, 7) is 1.39. The Kier molecular flexibility index (Phi) is 4.35. The number of rotatable bonds is 5. The van der Waals surface area contributed by atoms with Crippen molar-refractivity contribution in [1.82, 2.24) is 0 Å². The monoisotopic (exact) mass is 338 g/mol. The van der Waals surface area contributed by atoms with E-state index in [1.807, 2.05) is 0 Å². The lowest BCUT2D eigenvalue weighted by atomic mass is 10.0. The van der Waals surface area contributed by atoms with Crippen LogP contribution < -0.4 is 10.4 Å². The fourth-order valence-electron chi connectivity index (χ4n) is 2.32. The zero-order chi connectivity index (χ0) is 18.0. The van der Waals surface area contributed by atoms with Crippen LogP contribution in [0.5, 0.6) is 5.75 Å². The summed E-state index contributed by atoms with van der Waals surface area (Å²) < 4.78 is 10.5. The van der Waals surface area contributed by atoms with Crippen LogP contribution in [0, 0.1) is 0 Å². The van der Waals surface area contributed by atoms with Crippen molar-refractivity contribution < 1.29 is 23.8 Å². The van der Waals surface area contributed by atoms with Gasteiger partial charge in [0.25, 0.3) is 0 Å². The first-order valence-electron chi connectivity index (χ1n) is 7.53. The van der Waals surface area contributed by atoms with Gasteiger partial charge in [-0.25, -0.2) is 9.59 Å². The Hall–Kier alpha value is -3.41. The van der Waals surface area contributed by atoms with E-state index in [1.165, 1.54) is 19.1 Å². The SMILES string of the molecule is C[C@@H](Oc1ccc2cc(C(=O)c3ccccc3)c(=O)oc2c1)C(=O)O. The Morgan fingerprint density at radius 3 is 2.48 bits per heavy atom. The van der Waals surface area contributed by atoms with Gasteiger partial charge in [0.15, 0.2) is 11.9 Å². The van der Waals surface area contributed by atoms with Gasteiger partial charge in [0.2, 0.25) is 0 Å². The van der Waals surface area contributed by atoms with Crippen molar-refractivity contribution in [2.45, 2.75) is 13.0 Å². The number of aliphatic carboxylic acids is 1. The molecule has 0 fully saturated rings. The number of carboxylic acid groups (broad SMARTS) is 1. The number of carbonyl (C=O) groups excluding carboxylic acids is 1. The molecule has 0 bridgehead atoms. The highest BCUT2D eigenvalue weighted by molar-refractivity contribution is 6.09. The minimum absolute atomic E-state index is 0.0636.